The average Bonchev–Trinajstić information content (AvgIpc) is 3.03. The molecule has 0 saturated heterocycles. The van der Waals surface area contributed by atoms with Gasteiger partial charge in [-0.05, 0) is 57.0 Å². The molecule has 1 aromatic carbocycles. The van der Waals surface area contributed by atoms with Gasteiger partial charge in [0.05, 0.1) is 11.7 Å². The highest BCUT2D eigenvalue weighted by Gasteiger charge is 2.30. The molecule has 8 heteroatoms. The Morgan fingerprint density at radius 1 is 1.35 bits per heavy atom. The second-order valence-electron chi connectivity index (χ2n) is 7.01. The summed E-state index contributed by atoms with van der Waals surface area (Å²) in [6, 6.07) is 7.36. The normalized spacial score (nSPS) is 12.7. The third-order valence-electron chi connectivity index (χ3n) is 3.62. The van der Waals surface area contributed by atoms with Gasteiger partial charge >= 0.3 is 6.09 Å². The molecule has 0 bridgehead atoms. The summed E-state index contributed by atoms with van der Waals surface area (Å²) >= 11 is 3.44. The zero-order valence-electron chi connectivity index (χ0n) is 15.9. The molecule has 0 unspecified atom stereocenters. The molecule has 0 fully saturated rings. The van der Waals surface area contributed by atoms with Crippen molar-refractivity contribution in [3.63, 3.8) is 0 Å². The van der Waals surface area contributed by atoms with Crippen molar-refractivity contribution in [2.24, 2.45) is 0 Å². The van der Waals surface area contributed by atoms with Gasteiger partial charge in [-0.3, -0.25) is 4.90 Å². The Balaban J connectivity index is 2.29. The van der Waals surface area contributed by atoms with Crippen LogP contribution in [-0.2, 0) is 4.74 Å². The fourth-order valence-electron chi connectivity index (χ4n) is 2.55. The first-order chi connectivity index (χ1) is 12.2. The number of carbonyl (C=O) groups is 1. The minimum Gasteiger partial charge on any atom is -0.444 e. The standard InChI is InChI=1S/C18H26BrN5O2/c1-6-11-23(17(25)26-18(3,4)5)15(7-2)16-20-22-24(21-16)14-10-8-9-13(19)12-14/h8-10,12,15H,6-7,11H2,1-5H3/t15-/m1/s1. The Morgan fingerprint density at radius 2 is 2.08 bits per heavy atom. The number of aromatic nitrogens is 4. The van der Waals surface area contributed by atoms with Crippen molar-refractivity contribution in [2.45, 2.75) is 59.1 Å². The lowest BCUT2D eigenvalue weighted by molar-refractivity contribution is 0.0143. The van der Waals surface area contributed by atoms with Crippen LogP contribution in [0.25, 0.3) is 5.69 Å². The van der Waals surface area contributed by atoms with Crippen LogP contribution >= 0.6 is 15.9 Å². The number of amides is 1. The number of benzene rings is 1. The number of halogens is 1. The monoisotopic (exact) mass is 423 g/mol. The van der Waals surface area contributed by atoms with Gasteiger partial charge in [0.15, 0.2) is 5.82 Å². The number of nitrogens with zero attached hydrogens (tertiary/aromatic N) is 5. The molecular formula is C18H26BrN5O2. The Hall–Kier alpha value is -1.96. The third kappa shape index (κ3) is 5.27. The molecule has 2 rings (SSSR count). The van der Waals surface area contributed by atoms with Crippen LogP contribution in [0.15, 0.2) is 28.7 Å². The van der Waals surface area contributed by atoms with Crippen molar-refractivity contribution in [2.75, 3.05) is 6.54 Å². The SMILES string of the molecule is CCCN(C(=O)OC(C)(C)C)[C@H](CC)c1nnn(-c2cccc(Br)c2)n1. The molecule has 1 heterocycles. The van der Waals surface area contributed by atoms with Crippen molar-refractivity contribution in [1.29, 1.82) is 0 Å². The number of hydrogen-bond acceptors (Lipinski definition) is 5. The first kappa shape index (κ1) is 20.4. The largest absolute Gasteiger partial charge is 0.444 e. The zero-order valence-corrected chi connectivity index (χ0v) is 17.5. The van der Waals surface area contributed by atoms with E-state index in [1.807, 2.05) is 58.9 Å². The van der Waals surface area contributed by atoms with E-state index in [0.29, 0.717) is 18.8 Å². The second kappa shape index (κ2) is 8.62. The van der Waals surface area contributed by atoms with Crippen LogP contribution in [0, 0.1) is 0 Å². The van der Waals surface area contributed by atoms with E-state index >= 15 is 0 Å². The van der Waals surface area contributed by atoms with E-state index in [2.05, 4.69) is 31.3 Å². The first-order valence-corrected chi connectivity index (χ1v) is 9.60. The lowest BCUT2D eigenvalue weighted by atomic mass is 10.1. The van der Waals surface area contributed by atoms with Crippen molar-refractivity contribution in [3.05, 3.63) is 34.6 Å². The molecule has 142 valence electrons. The van der Waals surface area contributed by atoms with Crippen molar-refractivity contribution in [3.8, 4) is 5.69 Å². The van der Waals surface area contributed by atoms with Gasteiger partial charge < -0.3 is 4.74 Å². The molecule has 2 aromatic rings. The molecule has 0 saturated carbocycles. The molecule has 0 aliphatic heterocycles. The molecular weight excluding hydrogens is 398 g/mol. The second-order valence-corrected chi connectivity index (χ2v) is 7.93. The number of carbonyl (C=O) groups excluding carboxylic acids is 1. The summed E-state index contributed by atoms with van der Waals surface area (Å²) in [6.07, 6.45) is 1.13. The number of rotatable bonds is 6. The van der Waals surface area contributed by atoms with Crippen LogP contribution in [0.2, 0.25) is 0 Å². The summed E-state index contributed by atoms with van der Waals surface area (Å²) in [5.74, 6) is 0.506. The molecule has 26 heavy (non-hydrogen) atoms. The Bertz CT molecular complexity index is 741. The molecule has 1 amide bonds. The molecule has 1 atom stereocenters. The zero-order chi connectivity index (χ0) is 19.3. The van der Waals surface area contributed by atoms with Gasteiger partial charge in [0.25, 0.3) is 0 Å². The molecule has 7 nitrogen and oxygen atoms in total. The Morgan fingerprint density at radius 3 is 2.65 bits per heavy atom. The Kier molecular flexibility index (Phi) is 6.75. The molecule has 1 aromatic heterocycles. The molecule has 0 N–H and O–H groups in total. The smallest absolute Gasteiger partial charge is 0.410 e. The number of hydrogen-bond donors (Lipinski definition) is 0. The molecule has 0 radical (unpaired) electrons. The third-order valence-corrected chi connectivity index (χ3v) is 4.11. The van der Waals surface area contributed by atoms with Gasteiger partial charge in [0, 0.05) is 11.0 Å². The van der Waals surface area contributed by atoms with Crippen LogP contribution in [0.1, 0.15) is 59.3 Å². The van der Waals surface area contributed by atoms with Gasteiger partial charge in [-0.15, -0.1) is 15.0 Å². The summed E-state index contributed by atoms with van der Waals surface area (Å²) < 4.78 is 6.49. The lowest BCUT2D eigenvalue weighted by Crippen LogP contribution is -2.40. The maximum absolute atomic E-state index is 12.7. The quantitative estimate of drug-likeness (QED) is 0.682. The number of tetrazole rings is 1. The maximum Gasteiger partial charge on any atom is 0.410 e. The van der Waals surface area contributed by atoms with E-state index in [-0.39, 0.29) is 12.1 Å². The molecule has 0 aliphatic carbocycles. The average molecular weight is 424 g/mol. The minimum absolute atomic E-state index is 0.286. The van der Waals surface area contributed by atoms with Gasteiger partial charge in [-0.25, -0.2) is 4.79 Å². The predicted molar refractivity (Wildman–Crippen MR) is 103 cm³/mol. The van der Waals surface area contributed by atoms with Crippen LogP contribution < -0.4 is 0 Å². The molecule has 0 aliphatic rings. The van der Waals surface area contributed by atoms with Crippen molar-refractivity contribution >= 4 is 22.0 Å². The van der Waals surface area contributed by atoms with E-state index < -0.39 is 5.60 Å². The van der Waals surface area contributed by atoms with Gasteiger partial charge in [-0.2, -0.15) is 0 Å². The summed E-state index contributed by atoms with van der Waals surface area (Å²) in [7, 11) is 0. The van der Waals surface area contributed by atoms with Gasteiger partial charge in [-0.1, -0.05) is 35.8 Å². The van der Waals surface area contributed by atoms with Crippen molar-refractivity contribution < 1.29 is 9.53 Å². The topological polar surface area (TPSA) is 73.1 Å². The fourth-order valence-corrected chi connectivity index (χ4v) is 2.93. The van der Waals surface area contributed by atoms with E-state index in [9.17, 15) is 4.79 Å². The van der Waals surface area contributed by atoms with Crippen LogP contribution in [0.5, 0.6) is 0 Å². The van der Waals surface area contributed by atoms with Crippen molar-refractivity contribution in [1.82, 2.24) is 25.1 Å². The first-order valence-electron chi connectivity index (χ1n) is 8.80. The highest BCUT2D eigenvalue weighted by Crippen LogP contribution is 2.24. The summed E-state index contributed by atoms with van der Waals surface area (Å²) in [5.41, 5.74) is 0.246. The summed E-state index contributed by atoms with van der Waals surface area (Å²) in [6.45, 7) is 10.2. The van der Waals surface area contributed by atoms with Gasteiger partial charge in [0.2, 0.25) is 0 Å². The summed E-state index contributed by atoms with van der Waals surface area (Å²) in [5, 5.41) is 12.8. The summed E-state index contributed by atoms with van der Waals surface area (Å²) in [4.78, 5) is 15.8. The van der Waals surface area contributed by atoms with Crippen LogP contribution in [0.3, 0.4) is 0 Å². The number of ether oxygens (including phenoxy) is 1. The van der Waals surface area contributed by atoms with Crippen LogP contribution in [0.4, 0.5) is 4.79 Å². The fraction of sp³-hybridized carbons (Fsp3) is 0.556. The Labute approximate surface area is 162 Å². The van der Waals surface area contributed by atoms with E-state index in [1.165, 1.54) is 4.80 Å². The predicted octanol–water partition coefficient (Wildman–Crippen LogP) is 4.52. The van der Waals surface area contributed by atoms with Crippen LogP contribution in [-0.4, -0.2) is 43.3 Å². The van der Waals surface area contributed by atoms with Gasteiger partial charge in [0.1, 0.15) is 5.60 Å². The minimum atomic E-state index is -0.553. The van der Waals surface area contributed by atoms with E-state index in [0.717, 1.165) is 16.6 Å². The lowest BCUT2D eigenvalue weighted by Gasteiger charge is -2.31. The highest BCUT2D eigenvalue weighted by molar-refractivity contribution is 9.10. The molecule has 0 spiro atoms. The van der Waals surface area contributed by atoms with E-state index in [4.69, 9.17) is 4.74 Å². The maximum atomic E-state index is 12.7. The highest BCUT2D eigenvalue weighted by atomic mass is 79.9. The van der Waals surface area contributed by atoms with E-state index in [1.54, 1.807) is 4.90 Å².